The Morgan fingerprint density at radius 2 is 1.75 bits per heavy atom. The van der Waals surface area contributed by atoms with Crippen LogP contribution in [0.1, 0.15) is 51.4 Å². The number of amides is 1. The van der Waals surface area contributed by atoms with Crippen LogP contribution in [0.2, 0.25) is 0 Å². The van der Waals surface area contributed by atoms with Crippen molar-refractivity contribution in [2.75, 3.05) is 45.9 Å². The smallest absolute Gasteiger partial charge is 0.236 e. The van der Waals surface area contributed by atoms with Crippen molar-refractivity contribution >= 4 is 5.91 Å². The van der Waals surface area contributed by atoms with Crippen LogP contribution in [0.5, 0.6) is 0 Å². The van der Waals surface area contributed by atoms with Crippen LogP contribution >= 0.6 is 0 Å². The Morgan fingerprint density at radius 3 is 2.54 bits per heavy atom. The fourth-order valence-corrected chi connectivity index (χ4v) is 4.97. The van der Waals surface area contributed by atoms with E-state index in [1.807, 2.05) is 0 Å². The van der Waals surface area contributed by atoms with Crippen LogP contribution in [-0.2, 0) is 4.79 Å². The summed E-state index contributed by atoms with van der Waals surface area (Å²) in [5.41, 5.74) is 0. The molecule has 0 aromatic carbocycles. The third-order valence-corrected chi connectivity index (χ3v) is 6.40. The molecule has 0 spiro atoms. The average molecular weight is 338 g/mol. The lowest BCUT2D eigenvalue weighted by atomic mass is 9.78. The van der Waals surface area contributed by atoms with E-state index in [1.165, 1.54) is 51.4 Å². The van der Waals surface area contributed by atoms with Gasteiger partial charge in [-0.3, -0.25) is 4.79 Å². The summed E-state index contributed by atoms with van der Waals surface area (Å²) in [5.74, 6) is 1.77. The van der Waals surface area contributed by atoms with Crippen molar-refractivity contribution in [1.82, 2.24) is 15.1 Å². The second kappa shape index (κ2) is 9.16. The largest absolute Gasteiger partial charge is 0.395 e. The molecule has 0 radical (unpaired) electrons. The summed E-state index contributed by atoms with van der Waals surface area (Å²) in [4.78, 5) is 17.2. The van der Waals surface area contributed by atoms with Crippen LogP contribution in [0, 0.1) is 11.8 Å². The first-order chi connectivity index (χ1) is 11.8. The van der Waals surface area contributed by atoms with Gasteiger partial charge in [-0.15, -0.1) is 0 Å². The van der Waals surface area contributed by atoms with E-state index >= 15 is 0 Å². The van der Waals surface area contributed by atoms with Crippen LogP contribution in [0.15, 0.2) is 0 Å². The number of fused-ring (bicyclic) bond motifs is 1. The molecule has 24 heavy (non-hydrogen) atoms. The predicted molar refractivity (Wildman–Crippen MR) is 95.8 cm³/mol. The molecular formula is C19H35N3O2. The standard InChI is InChI=1S/C19H35N3O2/c23-13-12-21-10-7-16(8-11-21)14-20-15-19(24)22-9-3-5-17-4-1-2-6-18(17)22/h16-18,20,23H,1-15H2. The van der Waals surface area contributed by atoms with Gasteiger partial charge in [0.2, 0.25) is 5.91 Å². The van der Waals surface area contributed by atoms with Crippen molar-refractivity contribution < 1.29 is 9.90 Å². The first-order valence-electron chi connectivity index (χ1n) is 10.1. The molecule has 2 atom stereocenters. The average Bonchev–Trinajstić information content (AvgIpc) is 2.63. The van der Waals surface area contributed by atoms with E-state index in [2.05, 4.69) is 15.1 Å². The number of aliphatic hydroxyl groups excluding tert-OH is 1. The molecule has 2 heterocycles. The Labute approximate surface area is 146 Å². The fraction of sp³-hybridized carbons (Fsp3) is 0.947. The minimum atomic E-state index is 0.259. The number of carbonyl (C=O) groups excluding carboxylic acids is 1. The van der Waals surface area contributed by atoms with Crippen LogP contribution in [0.3, 0.4) is 0 Å². The number of hydrogen-bond donors (Lipinski definition) is 2. The minimum Gasteiger partial charge on any atom is -0.395 e. The van der Waals surface area contributed by atoms with E-state index in [1.54, 1.807) is 0 Å². The highest BCUT2D eigenvalue weighted by Crippen LogP contribution is 2.35. The molecule has 0 bridgehead atoms. The van der Waals surface area contributed by atoms with Gasteiger partial charge < -0.3 is 20.2 Å². The molecule has 3 aliphatic rings. The summed E-state index contributed by atoms with van der Waals surface area (Å²) < 4.78 is 0. The fourth-order valence-electron chi connectivity index (χ4n) is 4.97. The van der Waals surface area contributed by atoms with Crippen LogP contribution < -0.4 is 5.32 Å². The zero-order valence-electron chi connectivity index (χ0n) is 15.1. The number of nitrogens with zero attached hydrogens (tertiary/aromatic N) is 2. The van der Waals surface area contributed by atoms with Crippen molar-refractivity contribution in [3.63, 3.8) is 0 Å². The monoisotopic (exact) mass is 337 g/mol. The summed E-state index contributed by atoms with van der Waals surface area (Å²) in [6.07, 6.45) is 10.1. The second-order valence-electron chi connectivity index (χ2n) is 7.98. The van der Waals surface area contributed by atoms with Crippen molar-refractivity contribution in [3.05, 3.63) is 0 Å². The Bertz CT molecular complexity index is 394. The van der Waals surface area contributed by atoms with Crippen molar-refractivity contribution in [2.24, 2.45) is 11.8 Å². The third kappa shape index (κ3) is 4.70. The molecule has 138 valence electrons. The quantitative estimate of drug-likeness (QED) is 0.770. The van der Waals surface area contributed by atoms with Gasteiger partial charge in [0.1, 0.15) is 0 Å². The highest BCUT2D eigenvalue weighted by molar-refractivity contribution is 5.78. The normalized spacial score (nSPS) is 29.5. The van der Waals surface area contributed by atoms with Gasteiger partial charge in [0.15, 0.2) is 0 Å². The molecule has 0 aromatic rings. The maximum Gasteiger partial charge on any atom is 0.236 e. The van der Waals surface area contributed by atoms with Gasteiger partial charge in [-0.25, -0.2) is 0 Å². The highest BCUT2D eigenvalue weighted by atomic mass is 16.3. The molecule has 1 saturated carbocycles. The summed E-state index contributed by atoms with van der Waals surface area (Å²) in [6.45, 7) is 5.67. The van der Waals surface area contributed by atoms with Gasteiger partial charge in [-0.2, -0.15) is 0 Å². The zero-order valence-corrected chi connectivity index (χ0v) is 15.1. The number of nitrogens with one attached hydrogen (secondary N) is 1. The number of hydrogen-bond acceptors (Lipinski definition) is 4. The summed E-state index contributed by atoms with van der Waals surface area (Å²) in [6, 6.07) is 0.531. The lowest BCUT2D eigenvalue weighted by Gasteiger charge is -2.44. The number of piperidine rings is 2. The number of likely N-dealkylation sites (tertiary alicyclic amines) is 2. The molecular weight excluding hydrogens is 302 g/mol. The molecule has 5 heteroatoms. The maximum atomic E-state index is 12.7. The van der Waals surface area contributed by atoms with Crippen LogP contribution in [0.25, 0.3) is 0 Å². The molecule has 1 aliphatic carbocycles. The van der Waals surface area contributed by atoms with E-state index in [0.717, 1.165) is 38.6 Å². The van der Waals surface area contributed by atoms with Gasteiger partial charge in [-0.05, 0) is 70.0 Å². The van der Waals surface area contributed by atoms with E-state index in [0.29, 0.717) is 24.4 Å². The third-order valence-electron chi connectivity index (χ3n) is 6.40. The molecule has 3 fully saturated rings. The Balaban J connectivity index is 1.36. The van der Waals surface area contributed by atoms with Crippen molar-refractivity contribution in [2.45, 2.75) is 57.4 Å². The van der Waals surface area contributed by atoms with E-state index < -0.39 is 0 Å². The van der Waals surface area contributed by atoms with Gasteiger partial charge in [0, 0.05) is 19.1 Å². The molecule has 2 N–H and O–H groups in total. The second-order valence-corrected chi connectivity index (χ2v) is 7.98. The Kier molecular flexibility index (Phi) is 6.93. The molecule has 2 aliphatic heterocycles. The summed E-state index contributed by atoms with van der Waals surface area (Å²) in [5, 5.41) is 12.4. The van der Waals surface area contributed by atoms with Crippen LogP contribution in [0.4, 0.5) is 0 Å². The van der Waals surface area contributed by atoms with Gasteiger partial charge in [0.05, 0.1) is 13.2 Å². The maximum absolute atomic E-state index is 12.7. The molecule has 2 saturated heterocycles. The lowest BCUT2D eigenvalue weighted by Crippen LogP contribution is -2.52. The van der Waals surface area contributed by atoms with Crippen LogP contribution in [-0.4, -0.2) is 72.7 Å². The molecule has 3 rings (SSSR count). The first kappa shape index (κ1) is 18.2. The zero-order chi connectivity index (χ0) is 16.8. The molecule has 2 unspecified atom stereocenters. The van der Waals surface area contributed by atoms with Gasteiger partial charge in [0.25, 0.3) is 0 Å². The minimum absolute atomic E-state index is 0.259. The number of aliphatic hydroxyl groups is 1. The van der Waals surface area contributed by atoms with Crippen molar-refractivity contribution in [1.29, 1.82) is 0 Å². The number of β-amino-alcohol motifs (C(OH)–C–C–N with tert-alkyl or cyclic N) is 1. The first-order valence-corrected chi connectivity index (χ1v) is 10.1. The predicted octanol–water partition coefficient (Wildman–Crippen LogP) is 1.46. The summed E-state index contributed by atoms with van der Waals surface area (Å²) in [7, 11) is 0. The Morgan fingerprint density at radius 1 is 1.00 bits per heavy atom. The molecule has 0 aromatic heterocycles. The van der Waals surface area contributed by atoms with Gasteiger partial charge >= 0.3 is 0 Å². The lowest BCUT2D eigenvalue weighted by molar-refractivity contribution is -0.136. The highest BCUT2D eigenvalue weighted by Gasteiger charge is 2.35. The Hall–Kier alpha value is -0.650. The number of carbonyl (C=O) groups is 1. The van der Waals surface area contributed by atoms with E-state index in [4.69, 9.17) is 5.11 Å². The SMILES string of the molecule is O=C(CNCC1CCN(CCO)CC1)N1CCCC2CCCCC21. The van der Waals surface area contributed by atoms with Crippen molar-refractivity contribution in [3.8, 4) is 0 Å². The molecule has 1 amide bonds. The molecule has 5 nitrogen and oxygen atoms in total. The van der Waals surface area contributed by atoms with E-state index in [9.17, 15) is 4.79 Å². The van der Waals surface area contributed by atoms with E-state index in [-0.39, 0.29) is 6.61 Å². The topological polar surface area (TPSA) is 55.8 Å². The summed E-state index contributed by atoms with van der Waals surface area (Å²) >= 11 is 0. The number of rotatable bonds is 6. The van der Waals surface area contributed by atoms with Gasteiger partial charge in [-0.1, -0.05) is 12.8 Å².